The lowest BCUT2D eigenvalue weighted by Gasteiger charge is -2.08. The van der Waals surface area contributed by atoms with Gasteiger partial charge in [-0.1, -0.05) is 25.4 Å². The highest BCUT2D eigenvalue weighted by Crippen LogP contribution is 2.29. The van der Waals surface area contributed by atoms with Crippen molar-refractivity contribution in [3.63, 3.8) is 0 Å². The van der Waals surface area contributed by atoms with Crippen LogP contribution in [0.3, 0.4) is 0 Å². The van der Waals surface area contributed by atoms with Crippen molar-refractivity contribution < 1.29 is 0 Å². The van der Waals surface area contributed by atoms with E-state index in [1.165, 1.54) is 0 Å². The maximum atomic E-state index is 6.04. The minimum atomic E-state index is 0.322. The molecule has 94 valence electrons. The maximum absolute atomic E-state index is 6.04. The van der Waals surface area contributed by atoms with E-state index < -0.39 is 0 Å². The van der Waals surface area contributed by atoms with Gasteiger partial charge in [-0.3, -0.25) is 0 Å². The van der Waals surface area contributed by atoms with Gasteiger partial charge < -0.3 is 0 Å². The SMILES string of the molecule is CC(C)c1cc(Cl)nc(-c2ccc(Br)c(Br)c2)n1. The standard InChI is InChI=1S/C13H11Br2ClN2/c1-7(2)11-6-12(16)18-13(17-11)8-3-4-9(14)10(15)5-8/h3-7H,1-2H3. The quantitative estimate of drug-likeness (QED) is 0.638. The molecule has 1 aromatic carbocycles. The molecule has 0 saturated heterocycles. The summed E-state index contributed by atoms with van der Waals surface area (Å²) in [5.74, 6) is 0.975. The number of nitrogens with zero attached hydrogens (tertiary/aromatic N) is 2. The Morgan fingerprint density at radius 1 is 1.06 bits per heavy atom. The van der Waals surface area contributed by atoms with Gasteiger partial charge in [0.25, 0.3) is 0 Å². The largest absolute Gasteiger partial charge is 0.233 e. The zero-order valence-electron chi connectivity index (χ0n) is 9.92. The van der Waals surface area contributed by atoms with Gasteiger partial charge in [0.1, 0.15) is 5.15 Å². The Morgan fingerprint density at radius 3 is 2.39 bits per heavy atom. The number of hydrogen-bond acceptors (Lipinski definition) is 2. The van der Waals surface area contributed by atoms with Crippen LogP contribution >= 0.6 is 43.5 Å². The lowest BCUT2D eigenvalue weighted by atomic mass is 10.1. The van der Waals surface area contributed by atoms with Crippen molar-refractivity contribution in [1.82, 2.24) is 9.97 Å². The zero-order chi connectivity index (χ0) is 13.3. The smallest absolute Gasteiger partial charge is 0.161 e. The van der Waals surface area contributed by atoms with Crippen LogP contribution in [0.2, 0.25) is 5.15 Å². The number of aromatic nitrogens is 2. The van der Waals surface area contributed by atoms with Crippen molar-refractivity contribution >= 4 is 43.5 Å². The molecule has 1 heterocycles. The highest BCUT2D eigenvalue weighted by molar-refractivity contribution is 9.13. The summed E-state index contributed by atoms with van der Waals surface area (Å²) < 4.78 is 1.96. The molecule has 0 spiro atoms. The predicted octanol–water partition coefficient (Wildman–Crippen LogP) is 5.45. The van der Waals surface area contributed by atoms with E-state index in [4.69, 9.17) is 11.6 Å². The van der Waals surface area contributed by atoms with Gasteiger partial charge in [-0.25, -0.2) is 9.97 Å². The van der Waals surface area contributed by atoms with Crippen molar-refractivity contribution in [3.8, 4) is 11.4 Å². The average molecular weight is 391 g/mol. The molecule has 2 nitrogen and oxygen atoms in total. The van der Waals surface area contributed by atoms with Gasteiger partial charge in [0.2, 0.25) is 0 Å². The van der Waals surface area contributed by atoms with Gasteiger partial charge in [0.05, 0.1) is 0 Å². The fourth-order valence-corrected chi connectivity index (χ4v) is 2.31. The van der Waals surface area contributed by atoms with Crippen LogP contribution in [0.1, 0.15) is 25.5 Å². The first-order valence-electron chi connectivity index (χ1n) is 5.47. The summed E-state index contributed by atoms with van der Waals surface area (Å²) in [6.07, 6.45) is 0. The van der Waals surface area contributed by atoms with Crippen LogP contribution in [-0.4, -0.2) is 9.97 Å². The maximum Gasteiger partial charge on any atom is 0.161 e. The Labute approximate surface area is 128 Å². The summed E-state index contributed by atoms with van der Waals surface area (Å²) in [5.41, 5.74) is 1.89. The Kier molecular flexibility index (Phi) is 4.41. The van der Waals surface area contributed by atoms with E-state index in [1.807, 2.05) is 24.3 Å². The number of hydrogen-bond donors (Lipinski definition) is 0. The molecule has 0 N–H and O–H groups in total. The second kappa shape index (κ2) is 5.68. The molecule has 18 heavy (non-hydrogen) atoms. The van der Waals surface area contributed by atoms with Crippen LogP contribution in [0.15, 0.2) is 33.2 Å². The Bertz CT molecular complexity index is 585. The topological polar surface area (TPSA) is 25.8 Å². The van der Waals surface area contributed by atoms with E-state index in [2.05, 4.69) is 55.7 Å². The molecule has 0 unspecified atom stereocenters. The van der Waals surface area contributed by atoms with Gasteiger partial charge in [-0.15, -0.1) is 0 Å². The molecular weight excluding hydrogens is 379 g/mol. The van der Waals surface area contributed by atoms with Crippen LogP contribution in [0.5, 0.6) is 0 Å². The molecule has 0 aliphatic carbocycles. The summed E-state index contributed by atoms with van der Waals surface area (Å²) in [6, 6.07) is 7.70. The third-order valence-electron chi connectivity index (χ3n) is 2.48. The third-order valence-corrected chi connectivity index (χ3v) is 4.56. The van der Waals surface area contributed by atoms with Crippen LogP contribution in [0.4, 0.5) is 0 Å². The fourth-order valence-electron chi connectivity index (χ4n) is 1.50. The lowest BCUT2D eigenvalue weighted by molar-refractivity contribution is 0.817. The van der Waals surface area contributed by atoms with Crippen molar-refractivity contribution in [2.45, 2.75) is 19.8 Å². The zero-order valence-corrected chi connectivity index (χ0v) is 13.8. The molecule has 0 bridgehead atoms. The van der Waals surface area contributed by atoms with Gasteiger partial charge >= 0.3 is 0 Å². The number of halogens is 3. The first-order chi connectivity index (χ1) is 8.47. The monoisotopic (exact) mass is 388 g/mol. The molecule has 0 atom stereocenters. The molecule has 2 rings (SSSR count). The fraction of sp³-hybridized carbons (Fsp3) is 0.231. The highest BCUT2D eigenvalue weighted by Gasteiger charge is 2.09. The van der Waals surface area contributed by atoms with Crippen molar-refractivity contribution in [1.29, 1.82) is 0 Å². The first-order valence-corrected chi connectivity index (χ1v) is 7.43. The Hall–Kier alpha value is -0.450. The minimum absolute atomic E-state index is 0.322. The molecule has 0 fully saturated rings. The average Bonchev–Trinajstić information content (AvgIpc) is 2.31. The minimum Gasteiger partial charge on any atom is -0.233 e. The molecule has 0 saturated carbocycles. The molecule has 0 radical (unpaired) electrons. The molecule has 2 aromatic rings. The van der Waals surface area contributed by atoms with Crippen molar-refractivity contribution in [3.05, 3.63) is 44.1 Å². The van der Waals surface area contributed by atoms with Crippen molar-refractivity contribution in [2.75, 3.05) is 0 Å². The second-order valence-corrected chi connectivity index (χ2v) is 6.32. The summed E-state index contributed by atoms with van der Waals surface area (Å²) in [7, 11) is 0. The first kappa shape index (κ1) is 14.0. The van der Waals surface area contributed by atoms with E-state index in [0.717, 1.165) is 20.2 Å². The summed E-state index contributed by atoms with van der Waals surface area (Å²) in [6.45, 7) is 4.17. The lowest BCUT2D eigenvalue weighted by Crippen LogP contribution is -1.98. The van der Waals surface area contributed by atoms with E-state index >= 15 is 0 Å². The van der Waals surface area contributed by atoms with Crippen LogP contribution in [0.25, 0.3) is 11.4 Å². The predicted molar refractivity (Wildman–Crippen MR) is 82.0 cm³/mol. The van der Waals surface area contributed by atoms with Crippen LogP contribution in [-0.2, 0) is 0 Å². The van der Waals surface area contributed by atoms with Gasteiger partial charge in [-0.05, 0) is 62.0 Å². The van der Waals surface area contributed by atoms with Crippen LogP contribution in [0, 0.1) is 0 Å². The highest BCUT2D eigenvalue weighted by atomic mass is 79.9. The Balaban J connectivity index is 2.53. The van der Waals surface area contributed by atoms with E-state index in [9.17, 15) is 0 Å². The third kappa shape index (κ3) is 3.11. The van der Waals surface area contributed by atoms with E-state index in [-0.39, 0.29) is 0 Å². The molecule has 1 aromatic heterocycles. The number of rotatable bonds is 2. The van der Waals surface area contributed by atoms with Crippen molar-refractivity contribution in [2.24, 2.45) is 0 Å². The molecule has 0 amide bonds. The van der Waals surface area contributed by atoms with Gasteiger partial charge in [0.15, 0.2) is 5.82 Å². The molecule has 0 aliphatic rings. The summed E-state index contributed by atoms with van der Waals surface area (Å²) in [4.78, 5) is 8.82. The summed E-state index contributed by atoms with van der Waals surface area (Å²) in [5, 5.41) is 0.475. The van der Waals surface area contributed by atoms with Gasteiger partial charge in [0, 0.05) is 20.2 Å². The van der Waals surface area contributed by atoms with Crippen LogP contribution < -0.4 is 0 Å². The molecule has 5 heteroatoms. The van der Waals surface area contributed by atoms with E-state index in [0.29, 0.717) is 16.9 Å². The summed E-state index contributed by atoms with van der Waals surface area (Å²) >= 11 is 13.0. The normalized spacial score (nSPS) is 11.0. The molecular formula is C13H11Br2ClN2. The Morgan fingerprint density at radius 2 is 1.78 bits per heavy atom. The molecule has 0 aliphatic heterocycles. The van der Waals surface area contributed by atoms with Gasteiger partial charge in [-0.2, -0.15) is 0 Å². The number of benzene rings is 1. The van der Waals surface area contributed by atoms with E-state index in [1.54, 1.807) is 0 Å². The second-order valence-electron chi connectivity index (χ2n) is 4.22.